The summed E-state index contributed by atoms with van der Waals surface area (Å²) in [7, 11) is -3.40. The molecule has 0 radical (unpaired) electrons. The smallest absolute Gasteiger partial charge is 0.236 e. The van der Waals surface area contributed by atoms with E-state index < -0.39 is 15.3 Å². The van der Waals surface area contributed by atoms with Crippen molar-refractivity contribution in [2.75, 3.05) is 11.3 Å². The average Bonchev–Trinajstić information content (AvgIpc) is 2.25. The predicted octanol–water partition coefficient (Wildman–Crippen LogP) is 1.78. The van der Waals surface area contributed by atoms with Gasteiger partial charge >= 0.3 is 0 Å². The van der Waals surface area contributed by atoms with E-state index in [1.54, 1.807) is 0 Å². The van der Waals surface area contributed by atoms with Crippen LogP contribution in [-0.2, 0) is 10.0 Å². The number of hydrogen-bond donors (Lipinski definition) is 2. The Morgan fingerprint density at radius 3 is 2.24 bits per heavy atom. The van der Waals surface area contributed by atoms with Crippen molar-refractivity contribution in [2.24, 2.45) is 5.73 Å². The Kier molecular flexibility index (Phi) is 4.54. The molecule has 0 aromatic heterocycles. The van der Waals surface area contributed by atoms with Crippen LogP contribution in [0.4, 0.5) is 5.69 Å². The van der Waals surface area contributed by atoms with Gasteiger partial charge in [-0.05, 0) is 31.4 Å². The first-order chi connectivity index (χ1) is 7.92. The maximum absolute atomic E-state index is 12.1. The molecule has 5 heteroatoms. The fraction of sp³-hybridized carbons (Fsp3) is 0.500. The maximum atomic E-state index is 12.1. The normalized spacial score (nSPS) is 13.4. The molecule has 1 unspecified atom stereocenters. The summed E-state index contributed by atoms with van der Waals surface area (Å²) in [5.74, 6) is 0. The molecular weight excluding hydrogens is 236 g/mol. The molecule has 0 aliphatic rings. The van der Waals surface area contributed by atoms with Gasteiger partial charge in [0.2, 0.25) is 10.0 Å². The summed E-state index contributed by atoms with van der Waals surface area (Å²) in [6.07, 6.45) is 0.511. The van der Waals surface area contributed by atoms with Gasteiger partial charge in [0.15, 0.2) is 0 Å². The molecule has 17 heavy (non-hydrogen) atoms. The van der Waals surface area contributed by atoms with E-state index in [2.05, 4.69) is 4.72 Å². The van der Waals surface area contributed by atoms with E-state index >= 15 is 0 Å². The molecule has 0 heterocycles. The first-order valence-corrected chi connectivity index (χ1v) is 7.25. The zero-order valence-corrected chi connectivity index (χ0v) is 11.3. The van der Waals surface area contributed by atoms with Crippen LogP contribution in [0.3, 0.4) is 0 Å². The Morgan fingerprint density at radius 1 is 1.29 bits per heavy atom. The lowest BCUT2D eigenvalue weighted by Gasteiger charge is -2.18. The first-order valence-electron chi connectivity index (χ1n) is 5.70. The molecule has 1 aromatic carbocycles. The third kappa shape index (κ3) is 3.20. The quantitative estimate of drug-likeness (QED) is 0.843. The Bertz CT molecular complexity index is 459. The van der Waals surface area contributed by atoms with E-state index in [0.717, 1.165) is 11.1 Å². The van der Waals surface area contributed by atoms with Crippen molar-refractivity contribution in [2.45, 2.75) is 32.4 Å². The third-order valence-electron chi connectivity index (χ3n) is 2.88. The molecule has 1 atom stereocenters. The van der Waals surface area contributed by atoms with Crippen LogP contribution in [0.15, 0.2) is 18.2 Å². The number of nitrogens with two attached hydrogens (primary N) is 1. The van der Waals surface area contributed by atoms with E-state index in [0.29, 0.717) is 12.1 Å². The molecular formula is C12H20N2O2S. The Balaban J connectivity index is 3.06. The standard InChI is InChI=1S/C12H20N2O2S/c1-4-11(8-13)17(15,16)14-12-9(2)6-5-7-10(12)3/h5-7,11,14H,4,8,13H2,1-3H3. The summed E-state index contributed by atoms with van der Waals surface area (Å²) in [5.41, 5.74) is 7.98. The van der Waals surface area contributed by atoms with E-state index in [-0.39, 0.29) is 6.54 Å². The summed E-state index contributed by atoms with van der Waals surface area (Å²) in [6, 6.07) is 5.67. The number of anilines is 1. The number of aryl methyl sites for hydroxylation is 2. The van der Waals surface area contributed by atoms with Gasteiger partial charge in [-0.3, -0.25) is 4.72 Å². The van der Waals surface area contributed by atoms with Gasteiger partial charge in [0, 0.05) is 6.54 Å². The van der Waals surface area contributed by atoms with Crippen molar-refractivity contribution in [3.05, 3.63) is 29.3 Å². The Labute approximate surface area is 103 Å². The predicted molar refractivity (Wildman–Crippen MR) is 71.6 cm³/mol. The summed E-state index contributed by atoms with van der Waals surface area (Å²) in [4.78, 5) is 0. The highest BCUT2D eigenvalue weighted by molar-refractivity contribution is 7.93. The van der Waals surface area contributed by atoms with Crippen LogP contribution in [-0.4, -0.2) is 20.2 Å². The second-order valence-electron chi connectivity index (χ2n) is 4.18. The van der Waals surface area contributed by atoms with Crippen LogP contribution in [0.2, 0.25) is 0 Å². The fourth-order valence-corrected chi connectivity index (χ4v) is 3.18. The van der Waals surface area contributed by atoms with Gasteiger partial charge in [0.1, 0.15) is 0 Å². The van der Waals surface area contributed by atoms with E-state index in [4.69, 9.17) is 5.73 Å². The molecule has 1 rings (SSSR count). The summed E-state index contributed by atoms with van der Waals surface area (Å²) >= 11 is 0. The summed E-state index contributed by atoms with van der Waals surface area (Å²) in [5, 5.41) is -0.540. The lowest BCUT2D eigenvalue weighted by molar-refractivity contribution is 0.581. The second kappa shape index (κ2) is 5.51. The minimum Gasteiger partial charge on any atom is -0.329 e. The number of para-hydroxylation sites is 1. The average molecular weight is 256 g/mol. The number of sulfonamides is 1. The highest BCUT2D eigenvalue weighted by Crippen LogP contribution is 2.22. The fourth-order valence-electron chi connectivity index (χ4n) is 1.71. The molecule has 0 amide bonds. The highest BCUT2D eigenvalue weighted by atomic mass is 32.2. The Morgan fingerprint density at radius 2 is 1.82 bits per heavy atom. The van der Waals surface area contributed by atoms with E-state index in [1.807, 2.05) is 39.0 Å². The van der Waals surface area contributed by atoms with Crippen LogP contribution in [0.25, 0.3) is 0 Å². The van der Waals surface area contributed by atoms with Crippen molar-refractivity contribution in [3.8, 4) is 0 Å². The molecule has 1 aromatic rings. The minimum absolute atomic E-state index is 0.136. The maximum Gasteiger partial charge on any atom is 0.236 e. The zero-order valence-electron chi connectivity index (χ0n) is 10.5. The lowest BCUT2D eigenvalue weighted by atomic mass is 10.1. The van der Waals surface area contributed by atoms with Crippen LogP contribution in [0, 0.1) is 13.8 Å². The Hall–Kier alpha value is -1.07. The number of hydrogen-bond acceptors (Lipinski definition) is 3. The molecule has 0 saturated heterocycles. The molecule has 0 aliphatic carbocycles. The third-order valence-corrected chi connectivity index (χ3v) is 4.77. The molecule has 3 N–H and O–H groups in total. The highest BCUT2D eigenvalue weighted by Gasteiger charge is 2.23. The molecule has 0 fully saturated rings. The SMILES string of the molecule is CCC(CN)S(=O)(=O)Nc1c(C)cccc1C. The topological polar surface area (TPSA) is 72.2 Å². The molecule has 0 spiro atoms. The van der Waals surface area contributed by atoms with Crippen LogP contribution < -0.4 is 10.5 Å². The van der Waals surface area contributed by atoms with Crippen molar-refractivity contribution in [3.63, 3.8) is 0 Å². The van der Waals surface area contributed by atoms with Crippen molar-refractivity contribution < 1.29 is 8.42 Å². The minimum atomic E-state index is -3.40. The van der Waals surface area contributed by atoms with Gasteiger partial charge in [-0.2, -0.15) is 0 Å². The number of rotatable bonds is 5. The largest absolute Gasteiger partial charge is 0.329 e. The molecule has 96 valence electrons. The molecule has 4 nitrogen and oxygen atoms in total. The van der Waals surface area contributed by atoms with Gasteiger partial charge in [-0.1, -0.05) is 25.1 Å². The van der Waals surface area contributed by atoms with Gasteiger partial charge in [-0.15, -0.1) is 0 Å². The summed E-state index contributed by atoms with van der Waals surface area (Å²) in [6.45, 7) is 5.72. The van der Waals surface area contributed by atoms with Crippen molar-refractivity contribution in [1.29, 1.82) is 0 Å². The van der Waals surface area contributed by atoms with Gasteiger partial charge < -0.3 is 5.73 Å². The lowest BCUT2D eigenvalue weighted by Crippen LogP contribution is -2.34. The zero-order chi connectivity index (χ0) is 13.1. The van der Waals surface area contributed by atoms with Crippen LogP contribution >= 0.6 is 0 Å². The van der Waals surface area contributed by atoms with Crippen molar-refractivity contribution in [1.82, 2.24) is 0 Å². The second-order valence-corrected chi connectivity index (χ2v) is 6.14. The van der Waals surface area contributed by atoms with Crippen LogP contribution in [0.1, 0.15) is 24.5 Å². The number of benzene rings is 1. The van der Waals surface area contributed by atoms with Gasteiger partial charge in [0.05, 0.1) is 10.9 Å². The summed E-state index contributed by atoms with van der Waals surface area (Å²) < 4.78 is 26.8. The van der Waals surface area contributed by atoms with Gasteiger partial charge in [0.25, 0.3) is 0 Å². The van der Waals surface area contributed by atoms with E-state index in [1.165, 1.54) is 0 Å². The van der Waals surface area contributed by atoms with Crippen LogP contribution in [0.5, 0.6) is 0 Å². The molecule has 0 bridgehead atoms. The van der Waals surface area contributed by atoms with E-state index in [9.17, 15) is 8.42 Å². The molecule has 0 aliphatic heterocycles. The number of nitrogens with one attached hydrogen (secondary N) is 1. The molecule has 0 saturated carbocycles. The van der Waals surface area contributed by atoms with Gasteiger partial charge in [-0.25, -0.2) is 8.42 Å². The first kappa shape index (κ1) is 14.0. The van der Waals surface area contributed by atoms with Crippen molar-refractivity contribution >= 4 is 15.7 Å². The monoisotopic (exact) mass is 256 g/mol.